The highest BCUT2D eigenvalue weighted by Crippen LogP contribution is 2.49. The van der Waals surface area contributed by atoms with Crippen LogP contribution >= 0.6 is 0 Å². The van der Waals surface area contributed by atoms with Crippen molar-refractivity contribution in [3.63, 3.8) is 0 Å². The second-order valence-corrected chi connectivity index (χ2v) is 21.1. The van der Waals surface area contributed by atoms with Crippen LogP contribution < -0.4 is 19.9 Å². The molecule has 1 aliphatic carbocycles. The molecule has 3 aromatic carbocycles. The molecule has 3 amide bonds. The molecule has 2 atom stereocenters. The standard InChI is InChI=1S/C51H55F2N9O6/c1-3-34-38(52)8-5-29-16-33(63)17-36(41(29)34)43-42(53)44-37(18-54-43)45(59-14-4-11-49(2,67)22-59)57-48(56-44)68-28-50(12-13-50)23-58-20-32(21-58)61-26-51(27-61)24-60(25-51)31-6-7-35-30(15-31)19-62(47(35)66)39-9-10-40(64)55-46(39)65/h5-8,15-18,32,39,63,67H,3-4,9-14,19-28H2,1-2H3,(H,55,64,65)/t39?,49-/m1/s1. The third-order valence-electron chi connectivity index (χ3n) is 15.9. The number of aromatic hydroxyl groups is 1. The Morgan fingerprint density at radius 3 is 2.50 bits per heavy atom. The highest BCUT2D eigenvalue weighted by Gasteiger charge is 2.56. The number of fused-ring (bicyclic) bond motifs is 3. The summed E-state index contributed by atoms with van der Waals surface area (Å²) in [6.45, 7) is 12.2. The molecule has 6 aliphatic heterocycles. The van der Waals surface area contributed by atoms with Gasteiger partial charge in [-0.1, -0.05) is 13.0 Å². The van der Waals surface area contributed by atoms with Gasteiger partial charge in [-0.05, 0) is 104 Å². The van der Waals surface area contributed by atoms with Crippen molar-refractivity contribution in [1.29, 1.82) is 0 Å². The monoisotopic (exact) mass is 927 g/mol. The zero-order valence-corrected chi connectivity index (χ0v) is 38.4. The maximum absolute atomic E-state index is 17.1. The molecule has 0 bridgehead atoms. The fourth-order valence-corrected chi connectivity index (χ4v) is 12.0. The first-order chi connectivity index (χ1) is 32.7. The number of piperidine rings is 2. The lowest BCUT2D eigenvalue weighted by Crippen LogP contribution is -2.77. The number of hydrogen-bond acceptors (Lipinski definition) is 13. The minimum Gasteiger partial charge on any atom is -0.508 e. The van der Waals surface area contributed by atoms with Crippen molar-refractivity contribution in [2.45, 2.75) is 83.0 Å². The molecule has 3 N–H and O–H groups in total. The Morgan fingerprint density at radius 2 is 1.75 bits per heavy atom. The molecule has 68 heavy (non-hydrogen) atoms. The second-order valence-electron chi connectivity index (χ2n) is 21.1. The van der Waals surface area contributed by atoms with E-state index < -0.39 is 29.2 Å². The predicted molar refractivity (Wildman–Crippen MR) is 249 cm³/mol. The average molecular weight is 928 g/mol. The van der Waals surface area contributed by atoms with E-state index in [2.05, 4.69) is 36.1 Å². The quantitative estimate of drug-likeness (QED) is 0.149. The van der Waals surface area contributed by atoms with E-state index in [1.807, 2.05) is 24.0 Å². The van der Waals surface area contributed by atoms with Crippen LogP contribution in [-0.4, -0.2) is 141 Å². The second kappa shape index (κ2) is 15.8. The number of benzene rings is 3. The van der Waals surface area contributed by atoms with Crippen molar-refractivity contribution in [1.82, 2.24) is 35.0 Å². The van der Waals surface area contributed by atoms with Crippen molar-refractivity contribution in [2.75, 3.05) is 75.3 Å². The molecule has 0 radical (unpaired) electrons. The first kappa shape index (κ1) is 43.3. The third-order valence-corrected chi connectivity index (χ3v) is 15.9. The number of rotatable bonds is 11. The number of phenols is 1. The Kier molecular flexibility index (Phi) is 10.0. The summed E-state index contributed by atoms with van der Waals surface area (Å²) >= 11 is 0. The number of aryl methyl sites for hydroxylation is 1. The molecule has 17 heteroatoms. The molecular formula is C51H55F2N9O6. The number of aromatic nitrogens is 3. The van der Waals surface area contributed by atoms with Crippen molar-refractivity contribution in [3.05, 3.63) is 77.0 Å². The highest BCUT2D eigenvalue weighted by atomic mass is 19.1. The van der Waals surface area contributed by atoms with Crippen LogP contribution in [0.4, 0.5) is 20.3 Å². The number of nitrogens with zero attached hydrogens (tertiary/aromatic N) is 8. The van der Waals surface area contributed by atoms with Crippen LogP contribution in [-0.2, 0) is 22.6 Å². The zero-order valence-electron chi connectivity index (χ0n) is 38.4. The van der Waals surface area contributed by atoms with Crippen LogP contribution in [0, 0.1) is 22.5 Å². The van der Waals surface area contributed by atoms with E-state index in [9.17, 15) is 24.6 Å². The number of carbonyl (C=O) groups is 3. The largest absolute Gasteiger partial charge is 0.508 e. The van der Waals surface area contributed by atoms with Gasteiger partial charge in [-0.3, -0.25) is 34.5 Å². The van der Waals surface area contributed by atoms with Gasteiger partial charge >= 0.3 is 6.01 Å². The number of aliphatic hydroxyl groups is 1. The fourth-order valence-electron chi connectivity index (χ4n) is 12.0. The van der Waals surface area contributed by atoms with Crippen molar-refractivity contribution in [2.24, 2.45) is 10.8 Å². The number of nitrogens with one attached hydrogen (secondary N) is 1. The lowest BCUT2D eigenvalue weighted by atomic mass is 9.71. The van der Waals surface area contributed by atoms with E-state index in [0.717, 1.165) is 76.3 Å². The van der Waals surface area contributed by atoms with Gasteiger partial charge in [-0.15, -0.1) is 0 Å². The van der Waals surface area contributed by atoms with Gasteiger partial charge in [0.1, 0.15) is 34.6 Å². The van der Waals surface area contributed by atoms with Gasteiger partial charge in [0.2, 0.25) is 11.8 Å². The van der Waals surface area contributed by atoms with Gasteiger partial charge in [-0.2, -0.15) is 9.97 Å². The maximum Gasteiger partial charge on any atom is 0.319 e. The Balaban J connectivity index is 0.694. The summed E-state index contributed by atoms with van der Waals surface area (Å²) in [4.78, 5) is 62.5. The third kappa shape index (κ3) is 7.39. The van der Waals surface area contributed by atoms with Crippen LogP contribution in [0.1, 0.15) is 73.9 Å². The Bertz CT molecular complexity index is 2940. The number of β-amino-alcohol motifs (C(OH)–C–C–N with tert-alkyl or cyclic N) is 1. The Morgan fingerprint density at radius 1 is 0.941 bits per heavy atom. The summed E-state index contributed by atoms with van der Waals surface area (Å²) in [5.74, 6) is -1.64. The number of ether oxygens (including phenoxy) is 1. The van der Waals surface area contributed by atoms with Crippen molar-refractivity contribution < 1.29 is 38.1 Å². The van der Waals surface area contributed by atoms with E-state index in [1.165, 1.54) is 24.4 Å². The van der Waals surface area contributed by atoms with Gasteiger partial charge in [0.15, 0.2) is 5.82 Å². The summed E-state index contributed by atoms with van der Waals surface area (Å²) in [5.41, 5.74) is 2.51. The molecule has 5 saturated heterocycles. The minimum absolute atomic E-state index is 0.00522. The summed E-state index contributed by atoms with van der Waals surface area (Å²) in [5, 5.41) is 25.6. The Hall–Kier alpha value is -6.04. The smallest absolute Gasteiger partial charge is 0.319 e. The number of halogens is 2. The first-order valence-electron chi connectivity index (χ1n) is 24.1. The molecule has 15 nitrogen and oxygen atoms in total. The summed E-state index contributed by atoms with van der Waals surface area (Å²) < 4.78 is 38.7. The highest BCUT2D eigenvalue weighted by molar-refractivity contribution is 6.06. The van der Waals surface area contributed by atoms with Gasteiger partial charge in [0.25, 0.3) is 5.91 Å². The van der Waals surface area contributed by atoms with Crippen molar-refractivity contribution in [3.8, 4) is 23.0 Å². The molecule has 5 aromatic rings. The Labute approximate surface area is 392 Å². The summed E-state index contributed by atoms with van der Waals surface area (Å²) in [7, 11) is 0. The minimum atomic E-state index is -0.968. The molecule has 8 heterocycles. The van der Waals surface area contributed by atoms with E-state index in [1.54, 1.807) is 17.9 Å². The van der Waals surface area contributed by atoms with Crippen LogP contribution in [0.3, 0.4) is 0 Å². The van der Waals surface area contributed by atoms with E-state index in [4.69, 9.17) is 9.72 Å². The topological polar surface area (TPSA) is 168 Å². The van der Waals surface area contributed by atoms with Gasteiger partial charge in [0, 0.05) is 112 Å². The number of imide groups is 1. The number of likely N-dealkylation sites (tertiary alicyclic amines) is 2. The number of carbonyl (C=O) groups excluding carboxylic acids is 3. The van der Waals surface area contributed by atoms with Crippen molar-refractivity contribution >= 4 is 50.9 Å². The lowest BCUT2D eigenvalue weighted by molar-refractivity contribution is -0.136. The molecule has 6 fully saturated rings. The maximum atomic E-state index is 17.1. The number of anilines is 2. The van der Waals surface area contributed by atoms with E-state index in [-0.39, 0.29) is 57.6 Å². The fraction of sp³-hybridized carbons (Fsp3) is 0.490. The number of pyridine rings is 1. The summed E-state index contributed by atoms with van der Waals surface area (Å²) in [6.07, 6.45) is 5.82. The molecule has 354 valence electrons. The molecular weight excluding hydrogens is 873 g/mol. The number of hydrogen-bond donors (Lipinski definition) is 3. The number of phenolic OH excluding ortho intramolecular Hbond substituents is 1. The molecule has 12 rings (SSSR count). The van der Waals surface area contributed by atoms with Gasteiger partial charge < -0.3 is 29.6 Å². The normalized spacial score (nSPS) is 24.6. The molecule has 1 spiro atoms. The number of amides is 3. The van der Waals surface area contributed by atoms with E-state index >= 15 is 8.78 Å². The molecule has 1 saturated carbocycles. The average Bonchev–Trinajstić information content (AvgIpc) is 3.96. The molecule has 7 aliphatic rings. The summed E-state index contributed by atoms with van der Waals surface area (Å²) in [6, 6.07) is 11.8. The molecule has 2 aromatic heterocycles. The van der Waals surface area contributed by atoms with Crippen LogP contribution in [0.5, 0.6) is 11.8 Å². The van der Waals surface area contributed by atoms with Gasteiger partial charge in [0.05, 0.1) is 17.6 Å². The van der Waals surface area contributed by atoms with E-state index in [0.29, 0.717) is 84.6 Å². The van der Waals surface area contributed by atoms with Crippen LogP contribution in [0.15, 0.2) is 48.7 Å². The lowest BCUT2D eigenvalue weighted by Gasteiger charge is -2.64. The SMILES string of the molecule is CCc1c(F)ccc2cc(O)cc(-c3ncc4c(N5CCC[C@@](C)(O)C5)nc(OCC5(CN6CC(N7CC8(CN(c9ccc%10c(c9)CN(C9CCC(=O)NC9=O)C%10=O)C8)C7)C6)CC5)nc4c3F)c12. The van der Waals surface area contributed by atoms with Crippen LogP contribution in [0.25, 0.3) is 32.9 Å². The molecule has 1 unspecified atom stereocenters. The predicted octanol–water partition coefficient (Wildman–Crippen LogP) is 5.17. The van der Waals surface area contributed by atoms with Crippen LogP contribution in [0.2, 0.25) is 0 Å². The first-order valence-corrected chi connectivity index (χ1v) is 24.1. The van der Waals surface area contributed by atoms with Gasteiger partial charge in [-0.25, -0.2) is 8.78 Å². The zero-order chi connectivity index (χ0) is 46.9.